The molecule has 1 unspecified atom stereocenters. The Morgan fingerprint density at radius 3 is 2.50 bits per heavy atom. The maximum atomic E-state index is 12.6. The van der Waals surface area contributed by atoms with Crippen molar-refractivity contribution in [1.29, 1.82) is 0 Å². The summed E-state index contributed by atoms with van der Waals surface area (Å²) in [6, 6.07) is 2.25. The average molecular weight is 357 g/mol. The van der Waals surface area contributed by atoms with Crippen LogP contribution in [0.1, 0.15) is 18.9 Å². The van der Waals surface area contributed by atoms with Gasteiger partial charge in [-0.15, -0.1) is 0 Å². The van der Waals surface area contributed by atoms with Crippen LogP contribution in [-0.4, -0.2) is 32.4 Å². The topological polar surface area (TPSA) is 63.4 Å². The molecule has 1 saturated heterocycles. The van der Waals surface area contributed by atoms with Crippen molar-refractivity contribution in [2.45, 2.75) is 24.4 Å². The lowest BCUT2D eigenvalue weighted by molar-refractivity contribution is -0.137. The SMILES string of the molecule is CC1(CN)CCN(S(=O)(=O)c2ccc(C(F)(F)F)cc2Cl)C1. The minimum absolute atomic E-state index is 0.225. The van der Waals surface area contributed by atoms with Gasteiger partial charge < -0.3 is 5.73 Å². The summed E-state index contributed by atoms with van der Waals surface area (Å²) < 4.78 is 64.1. The predicted molar refractivity (Wildman–Crippen MR) is 77.0 cm³/mol. The predicted octanol–water partition coefficient (Wildman–Crippen LogP) is 2.72. The van der Waals surface area contributed by atoms with E-state index in [-0.39, 0.29) is 23.4 Å². The van der Waals surface area contributed by atoms with Gasteiger partial charge in [0.1, 0.15) is 4.90 Å². The summed E-state index contributed by atoms with van der Waals surface area (Å²) in [5.74, 6) is 0. The van der Waals surface area contributed by atoms with Gasteiger partial charge >= 0.3 is 6.18 Å². The van der Waals surface area contributed by atoms with Crippen LogP contribution in [0.15, 0.2) is 23.1 Å². The van der Waals surface area contributed by atoms with E-state index < -0.39 is 26.8 Å². The minimum atomic E-state index is -4.57. The highest BCUT2D eigenvalue weighted by Gasteiger charge is 2.40. The Hall–Kier alpha value is -0.830. The van der Waals surface area contributed by atoms with Crippen molar-refractivity contribution in [3.63, 3.8) is 0 Å². The molecule has 4 nitrogen and oxygen atoms in total. The first kappa shape index (κ1) is 17.5. The molecule has 1 aromatic rings. The minimum Gasteiger partial charge on any atom is -0.330 e. The van der Waals surface area contributed by atoms with E-state index in [1.165, 1.54) is 4.31 Å². The number of hydrogen-bond donors (Lipinski definition) is 1. The van der Waals surface area contributed by atoms with E-state index in [2.05, 4.69) is 0 Å². The highest BCUT2D eigenvalue weighted by atomic mass is 35.5. The van der Waals surface area contributed by atoms with Gasteiger partial charge in [-0.1, -0.05) is 18.5 Å². The van der Waals surface area contributed by atoms with E-state index in [1.807, 2.05) is 6.92 Å². The molecule has 1 aromatic carbocycles. The Morgan fingerprint density at radius 1 is 1.41 bits per heavy atom. The summed E-state index contributed by atoms with van der Waals surface area (Å²) in [4.78, 5) is -0.316. The molecule has 2 N–H and O–H groups in total. The molecule has 0 aromatic heterocycles. The Morgan fingerprint density at radius 2 is 2.05 bits per heavy atom. The Balaban J connectivity index is 2.35. The lowest BCUT2D eigenvalue weighted by Crippen LogP contribution is -2.34. The summed E-state index contributed by atoms with van der Waals surface area (Å²) >= 11 is 5.77. The summed E-state index contributed by atoms with van der Waals surface area (Å²) in [7, 11) is -3.93. The number of nitrogens with zero attached hydrogens (tertiary/aromatic N) is 1. The van der Waals surface area contributed by atoms with Gasteiger partial charge in [-0.3, -0.25) is 0 Å². The van der Waals surface area contributed by atoms with Crippen LogP contribution in [0.4, 0.5) is 13.2 Å². The molecule has 1 aliphatic rings. The zero-order valence-electron chi connectivity index (χ0n) is 11.8. The summed E-state index contributed by atoms with van der Waals surface area (Å²) in [5, 5.41) is -0.434. The third kappa shape index (κ3) is 3.24. The summed E-state index contributed by atoms with van der Waals surface area (Å²) in [5.41, 5.74) is 4.33. The van der Waals surface area contributed by atoms with Crippen molar-refractivity contribution < 1.29 is 21.6 Å². The molecule has 124 valence electrons. The average Bonchev–Trinajstić information content (AvgIpc) is 2.81. The van der Waals surface area contributed by atoms with Crippen molar-refractivity contribution >= 4 is 21.6 Å². The second-order valence-electron chi connectivity index (χ2n) is 5.75. The van der Waals surface area contributed by atoms with Crippen LogP contribution in [0.25, 0.3) is 0 Å². The number of halogens is 4. The van der Waals surface area contributed by atoms with Gasteiger partial charge in [0.15, 0.2) is 0 Å². The first-order chi connectivity index (χ1) is 9.99. The van der Waals surface area contributed by atoms with Gasteiger partial charge in [0.25, 0.3) is 0 Å². The lowest BCUT2D eigenvalue weighted by atomic mass is 9.90. The highest BCUT2D eigenvalue weighted by molar-refractivity contribution is 7.89. The maximum absolute atomic E-state index is 12.6. The van der Waals surface area contributed by atoms with E-state index in [1.54, 1.807) is 0 Å². The van der Waals surface area contributed by atoms with Crippen LogP contribution in [-0.2, 0) is 16.2 Å². The molecule has 22 heavy (non-hydrogen) atoms. The van der Waals surface area contributed by atoms with Gasteiger partial charge in [0, 0.05) is 13.1 Å². The first-order valence-electron chi connectivity index (χ1n) is 6.57. The number of benzene rings is 1. The van der Waals surface area contributed by atoms with E-state index in [4.69, 9.17) is 17.3 Å². The van der Waals surface area contributed by atoms with Crippen LogP contribution in [0.5, 0.6) is 0 Å². The molecule has 1 aliphatic heterocycles. The van der Waals surface area contributed by atoms with Gasteiger partial charge in [-0.25, -0.2) is 8.42 Å². The fourth-order valence-electron chi connectivity index (χ4n) is 2.38. The molecule has 0 radical (unpaired) electrons. The number of rotatable bonds is 3. The second-order valence-corrected chi connectivity index (χ2v) is 8.06. The Labute approximate surface area is 132 Å². The van der Waals surface area contributed by atoms with Crippen LogP contribution in [0.3, 0.4) is 0 Å². The molecule has 1 heterocycles. The quantitative estimate of drug-likeness (QED) is 0.905. The van der Waals surface area contributed by atoms with Gasteiger partial charge in [0.2, 0.25) is 10.0 Å². The monoisotopic (exact) mass is 356 g/mol. The molecule has 1 fully saturated rings. The number of hydrogen-bond acceptors (Lipinski definition) is 3. The van der Waals surface area contributed by atoms with Crippen molar-refractivity contribution in [3.8, 4) is 0 Å². The zero-order chi connectivity index (χ0) is 16.8. The maximum Gasteiger partial charge on any atom is 0.416 e. The van der Waals surface area contributed by atoms with E-state index in [0.717, 1.165) is 12.1 Å². The summed E-state index contributed by atoms with van der Waals surface area (Å²) in [6.07, 6.45) is -3.97. The van der Waals surface area contributed by atoms with E-state index in [9.17, 15) is 21.6 Å². The smallest absolute Gasteiger partial charge is 0.330 e. The van der Waals surface area contributed by atoms with Crippen LogP contribution >= 0.6 is 11.6 Å². The molecule has 0 bridgehead atoms. The number of nitrogens with two attached hydrogens (primary N) is 1. The van der Waals surface area contributed by atoms with Crippen molar-refractivity contribution in [1.82, 2.24) is 4.31 Å². The standard InChI is InChI=1S/C13H16ClF3N2O2S/c1-12(7-18)4-5-19(8-12)22(20,21)11-3-2-9(6-10(11)14)13(15,16)17/h2-3,6H,4-5,7-8,18H2,1H3. The molecule has 0 aliphatic carbocycles. The fraction of sp³-hybridized carbons (Fsp3) is 0.538. The van der Waals surface area contributed by atoms with Crippen LogP contribution < -0.4 is 5.73 Å². The van der Waals surface area contributed by atoms with Crippen molar-refractivity contribution in [2.75, 3.05) is 19.6 Å². The van der Waals surface area contributed by atoms with E-state index >= 15 is 0 Å². The number of sulfonamides is 1. The molecule has 1 atom stereocenters. The van der Waals surface area contributed by atoms with Gasteiger partial charge in [-0.2, -0.15) is 17.5 Å². The molecule has 2 rings (SSSR count). The molecule has 0 spiro atoms. The second kappa shape index (κ2) is 5.67. The Bertz CT molecular complexity index is 678. The van der Waals surface area contributed by atoms with Crippen LogP contribution in [0, 0.1) is 5.41 Å². The molecule has 0 saturated carbocycles. The lowest BCUT2D eigenvalue weighted by Gasteiger charge is -2.22. The van der Waals surface area contributed by atoms with E-state index in [0.29, 0.717) is 19.0 Å². The van der Waals surface area contributed by atoms with Crippen molar-refractivity contribution in [2.24, 2.45) is 11.1 Å². The van der Waals surface area contributed by atoms with Crippen molar-refractivity contribution in [3.05, 3.63) is 28.8 Å². The third-order valence-electron chi connectivity index (χ3n) is 3.89. The fourth-order valence-corrected chi connectivity index (χ4v) is 4.49. The number of alkyl halides is 3. The molecule has 0 amide bonds. The van der Waals surface area contributed by atoms with Gasteiger partial charge in [0.05, 0.1) is 10.6 Å². The third-order valence-corrected chi connectivity index (χ3v) is 6.22. The summed E-state index contributed by atoms with van der Waals surface area (Å²) in [6.45, 7) is 2.70. The molecular formula is C13H16ClF3N2O2S. The first-order valence-corrected chi connectivity index (χ1v) is 8.38. The largest absolute Gasteiger partial charge is 0.416 e. The normalized spacial score (nSPS) is 23.9. The Kier molecular flexibility index (Phi) is 4.51. The van der Waals surface area contributed by atoms with Gasteiger partial charge in [-0.05, 0) is 36.6 Å². The zero-order valence-corrected chi connectivity index (χ0v) is 13.4. The van der Waals surface area contributed by atoms with Crippen LogP contribution in [0.2, 0.25) is 5.02 Å². The molecular weight excluding hydrogens is 341 g/mol. The highest BCUT2D eigenvalue weighted by Crippen LogP contribution is 2.37. The molecule has 9 heteroatoms.